The van der Waals surface area contributed by atoms with Crippen molar-refractivity contribution in [3.05, 3.63) is 53.3 Å². The van der Waals surface area contributed by atoms with Crippen LogP contribution in [0.15, 0.2) is 36.5 Å². The van der Waals surface area contributed by atoms with Gasteiger partial charge in [-0.25, -0.2) is 0 Å². The molecule has 1 aromatic heterocycles. The van der Waals surface area contributed by atoms with Crippen LogP contribution in [0.4, 0.5) is 0 Å². The van der Waals surface area contributed by atoms with E-state index in [4.69, 9.17) is 0 Å². The summed E-state index contributed by atoms with van der Waals surface area (Å²) < 4.78 is 0. The quantitative estimate of drug-likeness (QED) is 0.904. The van der Waals surface area contributed by atoms with Gasteiger partial charge in [-0.15, -0.1) is 0 Å². The van der Waals surface area contributed by atoms with E-state index >= 15 is 0 Å². The molecule has 27 heavy (non-hydrogen) atoms. The Morgan fingerprint density at radius 1 is 1.04 bits per heavy atom. The van der Waals surface area contributed by atoms with E-state index in [-0.39, 0.29) is 17.9 Å². The number of H-pyrrole nitrogens is 1. The van der Waals surface area contributed by atoms with Gasteiger partial charge in [0.05, 0.1) is 29.9 Å². The second-order valence-electron chi connectivity index (χ2n) is 7.46. The number of piperidine rings is 1. The number of aromatic nitrogens is 2. The highest BCUT2D eigenvalue weighted by Crippen LogP contribution is 2.33. The first-order valence-electron chi connectivity index (χ1n) is 9.90. The molecule has 2 aliphatic rings. The molecule has 0 saturated carbocycles. The molecule has 142 valence electrons. The first kappa shape index (κ1) is 17.8. The number of likely N-dealkylation sites (tertiary alicyclic amines) is 2. The Bertz CT molecular complexity index is 796. The summed E-state index contributed by atoms with van der Waals surface area (Å²) in [5.74, 6) is 0.150. The van der Waals surface area contributed by atoms with Crippen LogP contribution in [0.5, 0.6) is 0 Å². The van der Waals surface area contributed by atoms with Crippen molar-refractivity contribution in [1.29, 1.82) is 0 Å². The van der Waals surface area contributed by atoms with Crippen LogP contribution < -0.4 is 0 Å². The Morgan fingerprint density at radius 2 is 1.78 bits per heavy atom. The van der Waals surface area contributed by atoms with E-state index in [9.17, 15) is 9.59 Å². The zero-order valence-corrected chi connectivity index (χ0v) is 15.6. The molecule has 0 radical (unpaired) electrons. The fourth-order valence-electron chi connectivity index (χ4n) is 4.21. The number of hydrogen-bond donors (Lipinski definition) is 1. The fraction of sp³-hybridized carbons (Fsp3) is 0.476. The lowest BCUT2D eigenvalue weighted by molar-refractivity contribution is -0.134. The molecule has 2 fully saturated rings. The third-order valence-corrected chi connectivity index (χ3v) is 5.65. The normalized spacial score (nSPS) is 20.1. The van der Waals surface area contributed by atoms with Crippen molar-refractivity contribution in [2.24, 2.45) is 0 Å². The van der Waals surface area contributed by atoms with E-state index in [2.05, 4.69) is 10.2 Å². The van der Waals surface area contributed by atoms with Crippen molar-refractivity contribution in [2.75, 3.05) is 19.6 Å². The van der Waals surface area contributed by atoms with Gasteiger partial charge in [0.15, 0.2) is 0 Å². The number of hydrogen-bond acceptors (Lipinski definition) is 3. The Kier molecular flexibility index (Phi) is 5.23. The average molecular weight is 366 g/mol. The Labute approximate surface area is 159 Å². The Balaban J connectivity index is 1.55. The summed E-state index contributed by atoms with van der Waals surface area (Å²) >= 11 is 0. The minimum atomic E-state index is -0.0981. The molecule has 1 aromatic carbocycles. The van der Waals surface area contributed by atoms with Gasteiger partial charge in [0.1, 0.15) is 0 Å². The molecule has 0 unspecified atom stereocenters. The van der Waals surface area contributed by atoms with Crippen LogP contribution in [0.3, 0.4) is 0 Å². The Hall–Kier alpha value is -2.63. The van der Waals surface area contributed by atoms with Crippen molar-refractivity contribution >= 4 is 11.8 Å². The summed E-state index contributed by atoms with van der Waals surface area (Å²) in [7, 11) is 0. The van der Waals surface area contributed by atoms with Crippen LogP contribution in [0.2, 0.25) is 0 Å². The number of benzene rings is 1. The van der Waals surface area contributed by atoms with Crippen molar-refractivity contribution in [3.8, 4) is 0 Å². The van der Waals surface area contributed by atoms with Crippen molar-refractivity contribution < 1.29 is 9.59 Å². The highest BCUT2D eigenvalue weighted by molar-refractivity contribution is 5.95. The number of carbonyl (C=O) groups is 2. The summed E-state index contributed by atoms with van der Waals surface area (Å²) in [6.07, 6.45) is 7.05. The number of amides is 2. The molecule has 3 heterocycles. The molecular weight excluding hydrogens is 340 g/mol. The molecule has 0 bridgehead atoms. The van der Waals surface area contributed by atoms with Gasteiger partial charge in [-0.1, -0.05) is 30.3 Å². The second-order valence-corrected chi connectivity index (χ2v) is 7.46. The van der Waals surface area contributed by atoms with Crippen LogP contribution in [0.1, 0.15) is 59.8 Å². The SMILES string of the molecule is O=C(c1cn[nH]c1[C@@H]1CCCCN1C(=O)Cc1ccccc1)N1CCCC1. The number of aromatic amines is 1. The topological polar surface area (TPSA) is 69.3 Å². The lowest BCUT2D eigenvalue weighted by atomic mass is 9.95. The van der Waals surface area contributed by atoms with E-state index in [0.717, 1.165) is 63.0 Å². The smallest absolute Gasteiger partial charge is 0.257 e. The maximum Gasteiger partial charge on any atom is 0.257 e. The van der Waals surface area contributed by atoms with Crippen molar-refractivity contribution in [2.45, 2.75) is 44.6 Å². The molecule has 6 heteroatoms. The highest BCUT2D eigenvalue weighted by Gasteiger charge is 2.33. The molecule has 2 aliphatic heterocycles. The van der Waals surface area contributed by atoms with Gasteiger partial charge >= 0.3 is 0 Å². The van der Waals surface area contributed by atoms with Gasteiger partial charge in [0.25, 0.3) is 5.91 Å². The van der Waals surface area contributed by atoms with Crippen molar-refractivity contribution in [3.63, 3.8) is 0 Å². The van der Waals surface area contributed by atoms with E-state index in [0.29, 0.717) is 12.0 Å². The lowest BCUT2D eigenvalue weighted by Gasteiger charge is -2.36. The third kappa shape index (κ3) is 3.75. The van der Waals surface area contributed by atoms with E-state index in [1.54, 1.807) is 6.20 Å². The molecule has 2 saturated heterocycles. The third-order valence-electron chi connectivity index (χ3n) is 5.65. The van der Waals surface area contributed by atoms with Crippen LogP contribution in [0, 0.1) is 0 Å². The number of nitrogens with zero attached hydrogens (tertiary/aromatic N) is 3. The fourth-order valence-corrected chi connectivity index (χ4v) is 4.21. The zero-order chi connectivity index (χ0) is 18.6. The van der Waals surface area contributed by atoms with Gasteiger partial charge in [0.2, 0.25) is 5.91 Å². The van der Waals surface area contributed by atoms with Crippen molar-refractivity contribution in [1.82, 2.24) is 20.0 Å². The molecular formula is C21H26N4O2. The van der Waals surface area contributed by atoms with Gasteiger partial charge < -0.3 is 9.80 Å². The predicted octanol–water partition coefficient (Wildman–Crippen LogP) is 2.94. The van der Waals surface area contributed by atoms with Gasteiger partial charge in [-0.2, -0.15) is 5.10 Å². The summed E-state index contributed by atoms with van der Waals surface area (Å²) in [6, 6.07) is 9.73. The summed E-state index contributed by atoms with van der Waals surface area (Å²) in [4.78, 5) is 29.7. The minimum Gasteiger partial charge on any atom is -0.339 e. The second kappa shape index (κ2) is 7.94. The standard InChI is InChI=1S/C21H26N4O2/c26-19(14-16-8-2-1-3-9-16)25-13-5-4-10-18(25)20-17(15-22-23-20)21(27)24-11-6-7-12-24/h1-3,8-9,15,18H,4-7,10-14H2,(H,22,23)/t18-/m0/s1. The maximum atomic E-state index is 13.0. The maximum absolute atomic E-state index is 13.0. The first-order valence-corrected chi connectivity index (χ1v) is 9.90. The molecule has 2 aromatic rings. The summed E-state index contributed by atoms with van der Waals surface area (Å²) in [6.45, 7) is 2.35. The first-order chi connectivity index (χ1) is 13.2. The number of rotatable bonds is 4. The lowest BCUT2D eigenvalue weighted by Crippen LogP contribution is -2.40. The van der Waals surface area contributed by atoms with Gasteiger partial charge in [-0.3, -0.25) is 14.7 Å². The average Bonchev–Trinajstić information content (AvgIpc) is 3.40. The Morgan fingerprint density at radius 3 is 2.56 bits per heavy atom. The minimum absolute atomic E-state index is 0.0391. The molecule has 4 rings (SSSR count). The largest absolute Gasteiger partial charge is 0.339 e. The highest BCUT2D eigenvalue weighted by atomic mass is 16.2. The molecule has 1 atom stereocenters. The molecule has 2 amide bonds. The van der Waals surface area contributed by atoms with E-state index in [1.807, 2.05) is 40.1 Å². The van der Waals surface area contributed by atoms with Gasteiger partial charge in [0, 0.05) is 19.6 Å². The molecule has 0 spiro atoms. The van der Waals surface area contributed by atoms with E-state index in [1.165, 1.54) is 0 Å². The molecule has 0 aliphatic carbocycles. The van der Waals surface area contributed by atoms with Crippen LogP contribution in [-0.2, 0) is 11.2 Å². The van der Waals surface area contributed by atoms with E-state index < -0.39 is 0 Å². The van der Waals surface area contributed by atoms with Crippen LogP contribution >= 0.6 is 0 Å². The summed E-state index contributed by atoms with van der Waals surface area (Å²) in [5.41, 5.74) is 2.44. The monoisotopic (exact) mass is 366 g/mol. The molecule has 1 N–H and O–H groups in total. The number of carbonyl (C=O) groups excluding carboxylic acids is 2. The van der Waals surface area contributed by atoms with Crippen LogP contribution in [0.25, 0.3) is 0 Å². The van der Waals surface area contributed by atoms with Gasteiger partial charge in [-0.05, 0) is 37.7 Å². The summed E-state index contributed by atoms with van der Waals surface area (Å²) in [5, 5.41) is 7.19. The predicted molar refractivity (Wildman–Crippen MR) is 102 cm³/mol. The number of nitrogens with one attached hydrogen (secondary N) is 1. The van der Waals surface area contributed by atoms with Crippen LogP contribution in [-0.4, -0.2) is 51.4 Å². The zero-order valence-electron chi connectivity index (χ0n) is 15.6. The molecule has 6 nitrogen and oxygen atoms in total.